The predicted molar refractivity (Wildman–Crippen MR) is 236 cm³/mol. The molecular formula is C53H39F3N2. The number of alkyl halides is 3. The van der Waals surface area contributed by atoms with Crippen molar-refractivity contribution in [1.29, 1.82) is 0 Å². The Bertz CT molecular complexity index is 3040. The van der Waals surface area contributed by atoms with Crippen LogP contribution in [0.2, 0.25) is 0 Å². The van der Waals surface area contributed by atoms with Gasteiger partial charge in [-0.25, -0.2) is 0 Å². The van der Waals surface area contributed by atoms with Crippen molar-refractivity contribution < 1.29 is 13.2 Å². The summed E-state index contributed by atoms with van der Waals surface area (Å²) in [5, 5.41) is 6.82. The summed E-state index contributed by atoms with van der Waals surface area (Å²) in [6, 6.07) is 61.3. The van der Waals surface area contributed by atoms with Crippen LogP contribution in [0.4, 0.5) is 47.3 Å². The van der Waals surface area contributed by atoms with Gasteiger partial charge in [-0.3, -0.25) is 0 Å². The molecule has 0 amide bonds. The van der Waals surface area contributed by atoms with Gasteiger partial charge in [0.1, 0.15) is 0 Å². The van der Waals surface area contributed by atoms with E-state index in [4.69, 9.17) is 0 Å². The number of hydrogen-bond donors (Lipinski definition) is 0. The van der Waals surface area contributed by atoms with Gasteiger partial charge < -0.3 is 9.80 Å². The number of benzene rings is 9. The molecule has 1 aliphatic carbocycles. The van der Waals surface area contributed by atoms with Gasteiger partial charge in [-0.15, -0.1) is 0 Å². The van der Waals surface area contributed by atoms with E-state index in [1.807, 2.05) is 18.2 Å². The molecule has 1 aliphatic rings. The van der Waals surface area contributed by atoms with E-state index in [2.05, 4.69) is 170 Å². The second kappa shape index (κ2) is 13.4. The van der Waals surface area contributed by atoms with Crippen LogP contribution in [0.5, 0.6) is 0 Å². The van der Waals surface area contributed by atoms with E-state index in [9.17, 15) is 13.2 Å². The Kier molecular flexibility index (Phi) is 8.20. The molecule has 0 atom stereocenters. The van der Waals surface area contributed by atoms with Gasteiger partial charge in [0.25, 0.3) is 0 Å². The molecular weight excluding hydrogens is 722 g/mol. The highest BCUT2D eigenvalue weighted by molar-refractivity contribution is 6.10. The molecule has 0 unspecified atom stereocenters. The fraction of sp³-hybridized carbons (Fsp3) is 0.0943. The van der Waals surface area contributed by atoms with Gasteiger partial charge in [0.15, 0.2) is 0 Å². The summed E-state index contributed by atoms with van der Waals surface area (Å²) in [5.41, 5.74) is 10.5. The average molecular weight is 761 g/mol. The monoisotopic (exact) mass is 760 g/mol. The van der Waals surface area contributed by atoms with Gasteiger partial charge in [0, 0.05) is 39.2 Å². The van der Waals surface area contributed by atoms with Gasteiger partial charge in [0.05, 0.1) is 11.3 Å². The maximum atomic E-state index is 13.8. The molecule has 9 aromatic carbocycles. The molecule has 0 saturated heterocycles. The van der Waals surface area contributed by atoms with E-state index in [1.165, 1.54) is 45.0 Å². The third-order valence-electron chi connectivity index (χ3n) is 11.9. The third-order valence-corrected chi connectivity index (χ3v) is 11.9. The van der Waals surface area contributed by atoms with Crippen molar-refractivity contribution in [3.05, 3.63) is 204 Å². The van der Waals surface area contributed by atoms with Crippen molar-refractivity contribution in [2.24, 2.45) is 0 Å². The van der Waals surface area contributed by atoms with Gasteiger partial charge >= 0.3 is 6.18 Å². The van der Waals surface area contributed by atoms with Crippen molar-refractivity contribution in [1.82, 2.24) is 0 Å². The van der Waals surface area contributed by atoms with Crippen LogP contribution in [0, 0.1) is 6.92 Å². The van der Waals surface area contributed by atoms with Gasteiger partial charge in [-0.1, -0.05) is 123 Å². The summed E-state index contributed by atoms with van der Waals surface area (Å²) < 4.78 is 41.3. The van der Waals surface area contributed by atoms with Crippen molar-refractivity contribution in [2.45, 2.75) is 32.4 Å². The average Bonchev–Trinajstić information content (AvgIpc) is 3.46. The lowest BCUT2D eigenvalue weighted by molar-refractivity contribution is -0.137. The molecule has 0 saturated carbocycles. The minimum absolute atomic E-state index is 0.420. The Balaban J connectivity index is 1.16. The van der Waals surface area contributed by atoms with E-state index < -0.39 is 17.2 Å². The minimum atomic E-state index is -4.43. The molecule has 0 N–H and O–H groups in total. The zero-order valence-electron chi connectivity index (χ0n) is 32.3. The maximum absolute atomic E-state index is 13.8. The fourth-order valence-electron chi connectivity index (χ4n) is 8.88. The number of fused-ring (bicyclic) bond motifs is 7. The lowest BCUT2D eigenvalue weighted by atomic mass is 9.81. The summed E-state index contributed by atoms with van der Waals surface area (Å²) in [4.78, 5) is 4.44. The van der Waals surface area contributed by atoms with E-state index in [0.717, 1.165) is 55.7 Å². The first-order valence-corrected chi connectivity index (χ1v) is 19.6. The lowest BCUT2D eigenvalue weighted by Crippen LogP contribution is -2.18. The van der Waals surface area contributed by atoms with Crippen LogP contribution >= 0.6 is 0 Å². The van der Waals surface area contributed by atoms with Gasteiger partial charge in [-0.05, 0) is 135 Å². The second-order valence-electron chi connectivity index (χ2n) is 15.8. The number of hydrogen-bond acceptors (Lipinski definition) is 2. The minimum Gasteiger partial charge on any atom is -0.310 e. The van der Waals surface area contributed by atoms with Crippen LogP contribution in [0.1, 0.15) is 36.1 Å². The first-order chi connectivity index (χ1) is 28.0. The number of aryl methyl sites for hydroxylation is 1. The maximum Gasteiger partial charge on any atom is 0.416 e. The lowest BCUT2D eigenvalue weighted by Gasteiger charge is -2.30. The fourth-order valence-corrected chi connectivity index (χ4v) is 8.88. The van der Waals surface area contributed by atoms with Crippen LogP contribution < -0.4 is 9.80 Å². The van der Waals surface area contributed by atoms with E-state index in [1.54, 1.807) is 12.1 Å². The van der Waals surface area contributed by atoms with Gasteiger partial charge in [-0.2, -0.15) is 13.2 Å². The summed E-state index contributed by atoms with van der Waals surface area (Å²) >= 11 is 0. The van der Waals surface area contributed by atoms with Crippen LogP contribution in [0.15, 0.2) is 182 Å². The Morgan fingerprint density at radius 3 is 1.53 bits per heavy atom. The third kappa shape index (κ3) is 5.89. The molecule has 58 heavy (non-hydrogen) atoms. The SMILES string of the molecule is Cc1ccc(N(c2ccc3ccccc3c2)c2cc3c(c4ccccc24)-c2ccc(N(c4ccc(C(F)(F)F)cc4)c4ccc5ccccc5c4)cc2C3(C)C)cc1. The van der Waals surface area contributed by atoms with E-state index >= 15 is 0 Å². The number of anilines is 6. The molecule has 0 aliphatic heterocycles. The zero-order chi connectivity index (χ0) is 39.8. The molecule has 10 rings (SSSR count). The van der Waals surface area contributed by atoms with Crippen LogP contribution in [-0.4, -0.2) is 0 Å². The molecule has 282 valence electrons. The Morgan fingerprint density at radius 2 is 0.914 bits per heavy atom. The molecule has 0 radical (unpaired) electrons. The molecule has 5 heteroatoms. The highest BCUT2D eigenvalue weighted by Gasteiger charge is 2.39. The standard InChI is InChI=1S/C53H39F3N2/c1-34-16-22-41(23-17-34)58(43-25-19-36-11-5-7-13-38(36)31-43)50-33-49-51(46-15-9-8-14-45(46)50)47-29-28-44(32-48(47)52(49,2)3)57(40-26-20-39(21-27-40)53(54,55)56)42-24-18-35-10-4-6-12-37(35)30-42/h4-33H,1-3H3. The van der Waals surface area contributed by atoms with Crippen LogP contribution in [0.3, 0.4) is 0 Å². The summed E-state index contributed by atoms with van der Waals surface area (Å²) in [6.07, 6.45) is -4.43. The van der Waals surface area contributed by atoms with Crippen molar-refractivity contribution in [3.8, 4) is 11.1 Å². The first kappa shape index (κ1) is 35.6. The zero-order valence-corrected chi connectivity index (χ0v) is 32.3. The molecule has 0 bridgehead atoms. The van der Waals surface area contributed by atoms with Crippen molar-refractivity contribution in [3.63, 3.8) is 0 Å². The molecule has 2 nitrogen and oxygen atoms in total. The smallest absolute Gasteiger partial charge is 0.310 e. The molecule has 0 heterocycles. The van der Waals surface area contributed by atoms with Gasteiger partial charge in [0.2, 0.25) is 0 Å². The van der Waals surface area contributed by atoms with E-state index in [-0.39, 0.29) is 0 Å². The Morgan fingerprint density at radius 1 is 0.431 bits per heavy atom. The van der Waals surface area contributed by atoms with Crippen LogP contribution in [-0.2, 0) is 11.6 Å². The summed E-state index contributed by atoms with van der Waals surface area (Å²) in [5.74, 6) is 0. The number of halogens is 3. The van der Waals surface area contributed by atoms with E-state index in [0.29, 0.717) is 5.69 Å². The molecule has 0 aromatic heterocycles. The van der Waals surface area contributed by atoms with Crippen molar-refractivity contribution >= 4 is 66.4 Å². The normalized spacial score (nSPS) is 13.1. The first-order valence-electron chi connectivity index (χ1n) is 19.6. The molecule has 0 fully saturated rings. The molecule has 9 aromatic rings. The largest absolute Gasteiger partial charge is 0.416 e. The summed E-state index contributed by atoms with van der Waals surface area (Å²) in [6.45, 7) is 6.68. The highest BCUT2D eigenvalue weighted by atomic mass is 19.4. The number of nitrogens with zero attached hydrogens (tertiary/aromatic N) is 2. The quantitative estimate of drug-likeness (QED) is 0.167. The molecule has 0 spiro atoms. The topological polar surface area (TPSA) is 6.48 Å². The summed E-state index contributed by atoms with van der Waals surface area (Å²) in [7, 11) is 0. The number of rotatable bonds is 6. The highest BCUT2D eigenvalue weighted by Crippen LogP contribution is 2.56. The van der Waals surface area contributed by atoms with Crippen molar-refractivity contribution in [2.75, 3.05) is 9.80 Å². The Labute approximate surface area is 336 Å². The van der Waals surface area contributed by atoms with Crippen LogP contribution in [0.25, 0.3) is 43.4 Å². The second-order valence-corrected chi connectivity index (χ2v) is 15.8. The predicted octanol–water partition coefficient (Wildman–Crippen LogP) is 15.7. The Hall–Kier alpha value is -6.85.